The molecule has 2 N–H and O–H groups in total. The molecule has 3 aromatic rings. The van der Waals surface area contributed by atoms with Gasteiger partial charge < -0.3 is 10.6 Å². The van der Waals surface area contributed by atoms with Gasteiger partial charge >= 0.3 is 15.5 Å². The monoisotopic (exact) mass is 525 g/mol. The van der Waals surface area contributed by atoms with Crippen LogP contribution < -0.4 is 10.6 Å². The molecule has 0 spiro atoms. The molecule has 1 aliphatic rings. The summed E-state index contributed by atoms with van der Waals surface area (Å²) in [4.78, 5) is 10.3. The van der Waals surface area contributed by atoms with E-state index in [1.165, 1.54) is 18.5 Å². The zero-order chi connectivity index (χ0) is 25.2. The maximum Gasteiger partial charge on any atom is 0.511 e. The van der Waals surface area contributed by atoms with E-state index in [0.717, 1.165) is 5.56 Å². The van der Waals surface area contributed by atoms with E-state index in [1.807, 2.05) is 35.2 Å². The summed E-state index contributed by atoms with van der Waals surface area (Å²) in [6.45, 7) is -0.678. The Kier molecular flexibility index (Phi) is 7.20. The van der Waals surface area contributed by atoms with Crippen molar-refractivity contribution in [3.05, 3.63) is 82.9 Å². The van der Waals surface area contributed by atoms with E-state index in [9.17, 15) is 21.6 Å². The molecule has 7 nitrogen and oxygen atoms in total. The average Bonchev–Trinajstić information content (AvgIpc) is 2.96. The average molecular weight is 526 g/mol. The van der Waals surface area contributed by atoms with Gasteiger partial charge in [-0.25, -0.2) is 18.4 Å². The first kappa shape index (κ1) is 25.2. The van der Waals surface area contributed by atoms with Crippen LogP contribution in [0.25, 0.3) is 0 Å². The summed E-state index contributed by atoms with van der Waals surface area (Å²) in [6.07, 6.45) is 3.82. The van der Waals surface area contributed by atoms with Gasteiger partial charge in [-0.05, 0) is 42.2 Å². The first-order valence-electron chi connectivity index (χ1n) is 10.8. The number of benzene rings is 2. The van der Waals surface area contributed by atoms with Gasteiger partial charge in [-0.1, -0.05) is 41.9 Å². The number of anilines is 2. The molecule has 0 fully saturated rings. The van der Waals surface area contributed by atoms with Gasteiger partial charge in [0.2, 0.25) is 0 Å². The molecule has 0 aliphatic carbocycles. The first-order chi connectivity index (χ1) is 16.5. The third-order valence-electron chi connectivity index (χ3n) is 5.83. The van der Waals surface area contributed by atoms with Gasteiger partial charge in [0, 0.05) is 29.8 Å². The van der Waals surface area contributed by atoms with Gasteiger partial charge in [0.05, 0.1) is 24.6 Å². The van der Waals surface area contributed by atoms with E-state index in [-0.39, 0.29) is 13.1 Å². The summed E-state index contributed by atoms with van der Waals surface area (Å²) in [5.74, 6) is 0.400. The second-order valence-electron chi connectivity index (χ2n) is 8.25. The third kappa shape index (κ3) is 5.68. The Labute approximate surface area is 206 Å². The summed E-state index contributed by atoms with van der Waals surface area (Å²) < 4.78 is 66.2. The fourth-order valence-corrected chi connectivity index (χ4v) is 5.28. The summed E-state index contributed by atoms with van der Waals surface area (Å²) >= 11 is 6.14. The molecule has 1 unspecified atom stereocenters. The standard InChI is InChI=1S/C23H23ClF3N5O2S/c24-18-7-9-21-17(10-18)13-31(35(33,34)23(25,26)27)14-20(8-6-16-4-2-1-3-5-16)32(21)15-22-29-11-19(28)12-30-22/h1-5,7,9-12,20H,6,8,13-15,28H2. The molecule has 35 heavy (non-hydrogen) atoms. The van der Waals surface area contributed by atoms with Crippen LogP contribution in [0, 0.1) is 0 Å². The van der Waals surface area contributed by atoms with Crippen molar-refractivity contribution in [3.63, 3.8) is 0 Å². The van der Waals surface area contributed by atoms with Crippen molar-refractivity contribution < 1.29 is 21.6 Å². The van der Waals surface area contributed by atoms with Crippen molar-refractivity contribution in [1.29, 1.82) is 0 Å². The highest BCUT2D eigenvalue weighted by Gasteiger charge is 2.51. The van der Waals surface area contributed by atoms with Crippen LogP contribution in [0.1, 0.15) is 23.4 Å². The van der Waals surface area contributed by atoms with E-state index in [4.69, 9.17) is 17.3 Å². The van der Waals surface area contributed by atoms with E-state index >= 15 is 0 Å². The number of rotatable bonds is 6. The van der Waals surface area contributed by atoms with E-state index in [2.05, 4.69) is 9.97 Å². The van der Waals surface area contributed by atoms with Gasteiger partial charge in [-0.2, -0.15) is 17.5 Å². The maximum absolute atomic E-state index is 13.6. The van der Waals surface area contributed by atoms with Gasteiger partial charge in [-0.3, -0.25) is 0 Å². The summed E-state index contributed by atoms with van der Waals surface area (Å²) in [5, 5.41) is 0.291. The van der Waals surface area contributed by atoms with Gasteiger partial charge in [0.15, 0.2) is 0 Å². The molecule has 2 aromatic carbocycles. The number of aryl methyl sites for hydroxylation is 1. The molecule has 0 saturated carbocycles. The number of nitrogen functional groups attached to an aromatic ring is 1. The number of hydrogen-bond acceptors (Lipinski definition) is 6. The van der Waals surface area contributed by atoms with Crippen LogP contribution in [-0.2, 0) is 29.5 Å². The number of halogens is 4. The number of sulfonamides is 1. The van der Waals surface area contributed by atoms with Crippen LogP contribution in [0.2, 0.25) is 5.02 Å². The molecule has 0 saturated heterocycles. The Hall–Kier alpha value is -2.89. The van der Waals surface area contributed by atoms with Crippen molar-refractivity contribution in [2.75, 3.05) is 17.2 Å². The smallest absolute Gasteiger partial charge is 0.396 e. The summed E-state index contributed by atoms with van der Waals surface area (Å²) in [6, 6.07) is 13.7. The van der Waals surface area contributed by atoms with Crippen LogP contribution in [0.15, 0.2) is 60.9 Å². The lowest BCUT2D eigenvalue weighted by atomic mass is 10.0. The zero-order valence-corrected chi connectivity index (χ0v) is 20.1. The highest BCUT2D eigenvalue weighted by atomic mass is 35.5. The number of alkyl halides is 3. The second kappa shape index (κ2) is 10.00. The fraction of sp³-hybridized carbons (Fsp3) is 0.304. The van der Waals surface area contributed by atoms with Crippen molar-refractivity contribution >= 4 is 33.0 Å². The molecule has 1 atom stereocenters. The lowest BCUT2D eigenvalue weighted by Gasteiger charge is -2.34. The summed E-state index contributed by atoms with van der Waals surface area (Å²) in [7, 11) is -5.58. The van der Waals surface area contributed by atoms with E-state index in [1.54, 1.807) is 12.1 Å². The predicted octanol–water partition coefficient (Wildman–Crippen LogP) is 4.39. The highest BCUT2D eigenvalue weighted by Crippen LogP contribution is 2.36. The molecule has 2 heterocycles. The van der Waals surface area contributed by atoms with Crippen molar-refractivity contribution in [1.82, 2.24) is 14.3 Å². The largest absolute Gasteiger partial charge is 0.511 e. The molecule has 186 valence electrons. The van der Waals surface area contributed by atoms with Gasteiger partial charge in [0.1, 0.15) is 5.82 Å². The molecule has 4 rings (SSSR count). The normalized spacial score (nSPS) is 17.1. The van der Waals surface area contributed by atoms with Crippen LogP contribution >= 0.6 is 11.6 Å². The van der Waals surface area contributed by atoms with Gasteiger partial charge in [0.25, 0.3) is 0 Å². The first-order valence-corrected chi connectivity index (χ1v) is 12.6. The van der Waals surface area contributed by atoms with Crippen molar-refractivity contribution in [2.45, 2.75) is 37.5 Å². The number of nitrogens with zero attached hydrogens (tertiary/aromatic N) is 4. The molecule has 0 bridgehead atoms. The van der Waals surface area contributed by atoms with E-state index < -0.39 is 28.1 Å². The zero-order valence-electron chi connectivity index (χ0n) is 18.5. The topological polar surface area (TPSA) is 92.4 Å². The Bertz CT molecular complexity index is 1270. The van der Waals surface area contributed by atoms with Crippen LogP contribution in [0.3, 0.4) is 0 Å². The molecule has 0 amide bonds. The van der Waals surface area contributed by atoms with Crippen LogP contribution in [0.5, 0.6) is 0 Å². The fourth-order valence-electron chi connectivity index (χ4n) is 4.11. The number of fused-ring (bicyclic) bond motifs is 1. The molecule has 1 aliphatic heterocycles. The predicted molar refractivity (Wildman–Crippen MR) is 128 cm³/mol. The van der Waals surface area contributed by atoms with Crippen LogP contribution in [0.4, 0.5) is 24.5 Å². The Balaban J connectivity index is 1.77. The van der Waals surface area contributed by atoms with Crippen LogP contribution in [-0.4, -0.2) is 40.8 Å². The number of aromatic nitrogens is 2. The van der Waals surface area contributed by atoms with E-state index in [0.29, 0.717) is 44.9 Å². The lowest BCUT2D eigenvalue weighted by molar-refractivity contribution is -0.0492. The minimum absolute atomic E-state index is 0.147. The molecular formula is C23H23ClF3N5O2S. The Morgan fingerprint density at radius 2 is 1.77 bits per heavy atom. The lowest BCUT2D eigenvalue weighted by Crippen LogP contribution is -2.47. The quantitative estimate of drug-likeness (QED) is 0.513. The Morgan fingerprint density at radius 1 is 1.09 bits per heavy atom. The minimum atomic E-state index is -5.58. The third-order valence-corrected chi connectivity index (χ3v) is 7.61. The Morgan fingerprint density at radius 3 is 2.43 bits per heavy atom. The SMILES string of the molecule is Nc1cnc(CN2c3ccc(Cl)cc3CN(S(=O)(=O)C(F)(F)F)CC2CCc2ccccc2)nc1. The highest BCUT2D eigenvalue weighted by molar-refractivity contribution is 7.89. The maximum atomic E-state index is 13.6. The molecule has 12 heteroatoms. The van der Waals surface area contributed by atoms with Gasteiger partial charge in [-0.15, -0.1) is 0 Å². The van der Waals surface area contributed by atoms with Crippen molar-refractivity contribution in [2.24, 2.45) is 0 Å². The number of nitrogens with two attached hydrogens (primary N) is 1. The minimum Gasteiger partial charge on any atom is -0.396 e. The molecule has 0 radical (unpaired) electrons. The second-order valence-corrected chi connectivity index (χ2v) is 10.6. The number of hydrogen-bond donors (Lipinski definition) is 1. The molecular weight excluding hydrogens is 503 g/mol. The summed E-state index contributed by atoms with van der Waals surface area (Å²) in [5.41, 5.74) is 2.57. The molecule has 1 aromatic heterocycles. The van der Waals surface area contributed by atoms with Crippen molar-refractivity contribution in [3.8, 4) is 0 Å².